The lowest BCUT2D eigenvalue weighted by Gasteiger charge is -2.10. The number of pyridine rings is 1. The van der Waals surface area contributed by atoms with Gasteiger partial charge in [-0.3, -0.25) is 5.10 Å². The molecule has 0 aliphatic heterocycles. The van der Waals surface area contributed by atoms with Crippen LogP contribution < -0.4 is 0 Å². The van der Waals surface area contributed by atoms with Crippen molar-refractivity contribution in [3.05, 3.63) is 59.8 Å². The first-order valence-corrected chi connectivity index (χ1v) is 8.31. The van der Waals surface area contributed by atoms with E-state index in [0.717, 1.165) is 27.7 Å². The topological polar surface area (TPSA) is 78.9 Å². The molecule has 1 fully saturated rings. The predicted octanol–water partition coefficient (Wildman–Crippen LogP) is 4.35. The van der Waals surface area contributed by atoms with Crippen molar-refractivity contribution in [1.29, 1.82) is 0 Å². The number of benzene rings is 2. The van der Waals surface area contributed by atoms with Gasteiger partial charge in [-0.2, -0.15) is 5.10 Å². The summed E-state index contributed by atoms with van der Waals surface area (Å²) in [5.74, 6) is -0.345. The first-order valence-electron chi connectivity index (χ1n) is 8.31. The Hall–Kier alpha value is -3.21. The molecule has 4 aromatic rings. The number of aromatic carboxylic acids is 1. The Bertz CT molecular complexity index is 1130. The molecule has 122 valence electrons. The van der Waals surface area contributed by atoms with Crippen LogP contribution in [0.15, 0.2) is 48.7 Å². The molecule has 1 aliphatic carbocycles. The van der Waals surface area contributed by atoms with Crippen molar-refractivity contribution in [2.45, 2.75) is 18.8 Å². The number of carboxylic acids is 1. The van der Waals surface area contributed by atoms with E-state index in [-0.39, 0.29) is 5.56 Å². The number of rotatable bonds is 3. The van der Waals surface area contributed by atoms with Crippen LogP contribution in [0.1, 0.15) is 34.7 Å². The Labute approximate surface area is 143 Å². The second-order valence-corrected chi connectivity index (χ2v) is 6.54. The number of carbonyl (C=O) groups is 1. The summed E-state index contributed by atoms with van der Waals surface area (Å²) >= 11 is 0. The van der Waals surface area contributed by atoms with Crippen LogP contribution in [0, 0.1) is 0 Å². The average Bonchev–Trinajstić information content (AvgIpc) is 3.37. The molecule has 1 aliphatic rings. The molecule has 0 spiro atoms. The summed E-state index contributed by atoms with van der Waals surface area (Å²) in [4.78, 5) is 15.9. The summed E-state index contributed by atoms with van der Waals surface area (Å²) in [7, 11) is 0. The van der Waals surface area contributed by atoms with E-state index in [4.69, 9.17) is 10.1 Å². The molecule has 2 aromatic heterocycles. The van der Waals surface area contributed by atoms with E-state index in [9.17, 15) is 4.79 Å². The van der Waals surface area contributed by atoms with Crippen LogP contribution in [-0.4, -0.2) is 26.3 Å². The Morgan fingerprint density at radius 2 is 1.92 bits per heavy atom. The van der Waals surface area contributed by atoms with Gasteiger partial charge in [-0.05, 0) is 54.7 Å². The summed E-state index contributed by atoms with van der Waals surface area (Å²) in [5.41, 5.74) is 5.39. The summed E-state index contributed by atoms with van der Waals surface area (Å²) in [6, 6.07) is 13.1. The third-order valence-corrected chi connectivity index (χ3v) is 4.87. The van der Waals surface area contributed by atoms with Crippen LogP contribution in [-0.2, 0) is 0 Å². The molecule has 1 saturated carbocycles. The van der Waals surface area contributed by atoms with Gasteiger partial charge in [0.15, 0.2) is 0 Å². The highest BCUT2D eigenvalue weighted by Crippen LogP contribution is 2.45. The van der Waals surface area contributed by atoms with Crippen molar-refractivity contribution < 1.29 is 9.90 Å². The molecule has 2 heterocycles. The van der Waals surface area contributed by atoms with E-state index >= 15 is 0 Å². The summed E-state index contributed by atoms with van der Waals surface area (Å²) in [6.45, 7) is 0. The van der Waals surface area contributed by atoms with Gasteiger partial charge in [0.1, 0.15) is 0 Å². The van der Waals surface area contributed by atoms with Gasteiger partial charge in [0.05, 0.1) is 28.5 Å². The molecule has 5 nitrogen and oxygen atoms in total. The smallest absolute Gasteiger partial charge is 0.335 e. The second-order valence-electron chi connectivity index (χ2n) is 6.54. The van der Waals surface area contributed by atoms with Gasteiger partial charge in [0.25, 0.3) is 0 Å². The number of aromatic nitrogens is 3. The van der Waals surface area contributed by atoms with Crippen LogP contribution in [0.4, 0.5) is 0 Å². The van der Waals surface area contributed by atoms with Crippen LogP contribution in [0.25, 0.3) is 33.1 Å². The lowest BCUT2D eigenvalue weighted by Crippen LogP contribution is -1.96. The number of hydrogen-bond acceptors (Lipinski definition) is 3. The molecule has 2 aromatic carbocycles. The van der Waals surface area contributed by atoms with Gasteiger partial charge >= 0.3 is 5.97 Å². The van der Waals surface area contributed by atoms with E-state index in [1.807, 2.05) is 30.5 Å². The fourth-order valence-corrected chi connectivity index (χ4v) is 3.43. The van der Waals surface area contributed by atoms with Crippen LogP contribution in [0.5, 0.6) is 0 Å². The number of H-pyrrole nitrogens is 1. The molecule has 0 radical (unpaired) electrons. The monoisotopic (exact) mass is 329 g/mol. The standard InChI is InChI=1S/C20H15N3O2/c24-20(25)13-5-3-12(4-6-13)18-9-14(11-1-2-11)19-15-10-21-23-16(15)7-8-17(19)22-18/h3-11H,1-2H2,(H,21,23)(H,24,25). The third kappa shape index (κ3) is 2.28. The minimum absolute atomic E-state index is 0.284. The molecule has 0 unspecified atom stereocenters. The number of carboxylic acid groups (broad SMARTS) is 1. The van der Waals surface area contributed by atoms with E-state index < -0.39 is 5.97 Å². The van der Waals surface area contributed by atoms with Crippen molar-refractivity contribution in [2.75, 3.05) is 0 Å². The summed E-state index contributed by atoms with van der Waals surface area (Å²) < 4.78 is 0. The quantitative estimate of drug-likeness (QED) is 0.585. The Morgan fingerprint density at radius 1 is 1.12 bits per heavy atom. The molecule has 0 amide bonds. The first kappa shape index (κ1) is 14.2. The van der Waals surface area contributed by atoms with Crippen molar-refractivity contribution in [3.8, 4) is 11.3 Å². The van der Waals surface area contributed by atoms with Crippen molar-refractivity contribution >= 4 is 27.8 Å². The summed E-state index contributed by atoms with van der Waals surface area (Å²) in [6.07, 6.45) is 4.27. The zero-order valence-corrected chi connectivity index (χ0v) is 13.4. The molecular formula is C20H15N3O2. The number of aromatic amines is 1. The average molecular weight is 329 g/mol. The van der Waals surface area contributed by atoms with Gasteiger partial charge in [0.2, 0.25) is 0 Å². The maximum atomic E-state index is 11.0. The minimum Gasteiger partial charge on any atom is -0.478 e. The molecule has 5 rings (SSSR count). The van der Waals surface area contributed by atoms with Crippen molar-refractivity contribution in [2.24, 2.45) is 0 Å². The minimum atomic E-state index is -0.918. The number of nitrogens with one attached hydrogen (secondary N) is 1. The Kier molecular flexibility index (Phi) is 2.91. The third-order valence-electron chi connectivity index (χ3n) is 4.87. The Balaban J connectivity index is 1.74. The molecule has 0 atom stereocenters. The van der Waals surface area contributed by atoms with Crippen LogP contribution in [0.2, 0.25) is 0 Å². The van der Waals surface area contributed by atoms with Crippen molar-refractivity contribution in [1.82, 2.24) is 15.2 Å². The van der Waals surface area contributed by atoms with Gasteiger partial charge < -0.3 is 5.11 Å². The van der Waals surface area contributed by atoms with E-state index in [1.54, 1.807) is 12.1 Å². The maximum Gasteiger partial charge on any atom is 0.335 e. The molecule has 2 N–H and O–H groups in total. The fourth-order valence-electron chi connectivity index (χ4n) is 3.43. The van der Waals surface area contributed by atoms with Crippen LogP contribution >= 0.6 is 0 Å². The highest BCUT2D eigenvalue weighted by molar-refractivity contribution is 6.07. The molecule has 0 saturated heterocycles. The molecular weight excluding hydrogens is 314 g/mol. The molecule has 0 bridgehead atoms. The molecule has 25 heavy (non-hydrogen) atoms. The zero-order chi connectivity index (χ0) is 17.0. The van der Waals surface area contributed by atoms with Crippen LogP contribution in [0.3, 0.4) is 0 Å². The summed E-state index contributed by atoms with van der Waals surface area (Å²) in [5, 5.41) is 18.6. The fraction of sp³-hybridized carbons (Fsp3) is 0.150. The highest BCUT2D eigenvalue weighted by atomic mass is 16.4. The van der Waals surface area contributed by atoms with Gasteiger partial charge in [-0.15, -0.1) is 0 Å². The largest absolute Gasteiger partial charge is 0.478 e. The SMILES string of the molecule is O=C(O)c1ccc(-c2cc(C3CC3)c3c(ccc4[nH]ncc43)n2)cc1. The highest BCUT2D eigenvalue weighted by Gasteiger charge is 2.27. The number of hydrogen-bond donors (Lipinski definition) is 2. The Morgan fingerprint density at radius 3 is 2.64 bits per heavy atom. The number of nitrogens with zero attached hydrogens (tertiary/aromatic N) is 2. The van der Waals surface area contributed by atoms with Gasteiger partial charge in [0, 0.05) is 16.3 Å². The lowest BCUT2D eigenvalue weighted by molar-refractivity contribution is 0.0697. The van der Waals surface area contributed by atoms with Gasteiger partial charge in [-0.25, -0.2) is 9.78 Å². The zero-order valence-electron chi connectivity index (χ0n) is 13.4. The van der Waals surface area contributed by atoms with E-state index in [2.05, 4.69) is 16.3 Å². The maximum absolute atomic E-state index is 11.0. The predicted molar refractivity (Wildman–Crippen MR) is 95.8 cm³/mol. The van der Waals surface area contributed by atoms with E-state index in [0.29, 0.717) is 5.92 Å². The van der Waals surface area contributed by atoms with E-state index in [1.165, 1.54) is 23.8 Å². The first-order chi connectivity index (χ1) is 12.2. The van der Waals surface area contributed by atoms with Crippen molar-refractivity contribution in [3.63, 3.8) is 0 Å². The lowest BCUT2D eigenvalue weighted by atomic mass is 9.98. The number of fused-ring (bicyclic) bond motifs is 3. The van der Waals surface area contributed by atoms with Gasteiger partial charge in [-0.1, -0.05) is 12.1 Å². The normalized spacial score (nSPS) is 14.2. The molecule has 5 heteroatoms. The second kappa shape index (κ2) is 5.14.